The largest absolute Gasteiger partial charge is 0.481 e. The maximum Gasteiger partial charge on any atom is 0.425 e. The normalized spacial score (nSPS) is 12.3. The SMILES string of the molecule is CC(C)(C)OC(=O)CNS(=O)(=O)N(Cc1ccc(OC(=O)c2ccc(N=C(NC(=O)OC(C)(C)C)NC(=O)OC(C)(C)C)cc2)cc1C(=O)NC(CC(=O)O)C(=O)O)C(=O)OC(C)(C)C. The van der Waals surface area contributed by atoms with Crippen LogP contribution in [-0.4, -0.2) is 112 Å². The Morgan fingerprint density at radius 3 is 1.68 bits per heavy atom. The van der Waals surface area contributed by atoms with Gasteiger partial charge in [-0.15, -0.1) is 0 Å². The third-order valence-corrected chi connectivity index (χ3v) is 8.49. The summed E-state index contributed by atoms with van der Waals surface area (Å²) in [5, 5.41) is 25.5. The zero-order valence-electron chi connectivity index (χ0n) is 38.1. The Balaban J connectivity index is 2.60. The van der Waals surface area contributed by atoms with Crippen molar-refractivity contribution >= 4 is 69.9 Å². The summed E-state index contributed by atoms with van der Waals surface area (Å²) in [6.45, 7) is 16.7. The third-order valence-electron chi connectivity index (χ3n) is 7.12. The van der Waals surface area contributed by atoms with Crippen molar-refractivity contribution in [2.24, 2.45) is 4.99 Å². The molecule has 4 amide bonds. The van der Waals surface area contributed by atoms with E-state index in [9.17, 15) is 57.0 Å². The Bertz CT molecular complexity index is 2240. The number of aliphatic imine (C=N–C) groups is 1. The zero-order valence-corrected chi connectivity index (χ0v) is 38.9. The number of nitrogens with zero attached hydrogens (tertiary/aromatic N) is 2. The number of nitrogens with one attached hydrogen (secondary N) is 4. The second-order valence-corrected chi connectivity index (χ2v) is 19.5. The van der Waals surface area contributed by atoms with Crippen molar-refractivity contribution in [1.82, 2.24) is 25.0 Å². The van der Waals surface area contributed by atoms with Gasteiger partial charge in [0.25, 0.3) is 5.91 Å². The van der Waals surface area contributed by atoms with Crippen LogP contribution in [0.4, 0.5) is 20.1 Å². The van der Waals surface area contributed by atoms with Crippen molar-refractivity contribution in [1.29, 1.82) is 0 Å². The molecule has 24 heteroatoms. The molecular formula is C41H56N6O17S. The summed E-state index contributed by atoms with van der Waals surface area (Å²) in [4.78, 5) is 105. The molecule has 23 nitrogen and oxygen atoms in total. The molecule has 0 aliphatic carbocycles. The first-order valence-electron chi connectivity index (χ1n) is 19.5. The van der Waals surface area contributed by atoms with Crippen molar-refractivity contribution in [2.45, 2.75) is 124 Å². The molecule has 0 fully saturated rings. The zero-order chi connectivity index (χ0) is 49.9. The third kappa shape index (κ3) is 20.5. The molecule has 1 atom stereocenters. The number of aliphatic carboxylic acids is 2. The van der Waals surface area contributed by atoms with Crippen LogP contribution in [0.5, 0.6) is 5.75 Å². The van der Waals surface area contributed by atoms with Crippen LogP contribution in [0, 0.1) is 0 Å². The van der Waals surface area contributed by atoms with E-state index >= 15 is 0 Å². The Kier molecular flexibility index (Phi) is 18.1. The summed E-state index contributed by atoms with van der Waals surface area (Å²) >= 11 is 0. The van der Waals surface area contributed by atoms with E-state index in [4.69, 9.17) is 23.7 Å². The predicted molar refractivity (Wildman–Crippen MR) is 229 cm³/mol. The van der Waals surface area contributed by atoms with Crippen LogP contribution in [0.2, 0.25) is 0 Å². The molecule has 0 aliphatic heterocycles. The lowest BCUT2D eigenvalue weighted by Gasteiger charge is -2.28. The lowest BCUT2D eigenvalue weighted by molar-refractivity contribution is -0.153. The first kappa shape index (κ1) is 54.3. The topological polar surface area (TPSA) is 321 Å². The minimum absolute atomic E-state index is 0.103. The Hall–Kier alpha value is -6.82. The maximum atomic E-state index is 13.7. The first-order valence-corrected chi connectivity index (χ1v) is 21.0. The number of ether oxygens (including phenoxy) is 5. The highest BCUT2D eigenvalue weighted by Crippen LogP contribution is 2.24. The number of carboxylic acid groups (broad SMARTS) is 2. The lowest BCUT2D eigenvalue weighted by Crippen LogP contribution is -2.48. The van der Waals surface area contributed by atoms with Gasteiger partial charge in [0.1, 0.15) is 40.7 Å². The van der Waals surface area contributed by atoms with Gasteiger partial charge in [-0.25, -0.2) is 29.0 Å². The average molecular weight is 937 g/mol. The molecule has 0 aromatic heterocycles. The molecule has 0 saturated heterocycles. The molecule has 0 radical (unpaired) electrons. The van der Waals surface area contributed by atoms with E-state index in [0.29, 0.717) is 0 Å². The number of guanidine groups is 1. The van der Waals surface area contributed by atoms with E-state index in [1.54, 1.807) is 41.5 Å². The molecular weight excluding hydrogens is 881 g/mol. The van der Waals surface area contributed by atoms with E-state index < -0.39 is 112 Å². The Morgan fingerprint density at radius 2 is 1.22 bits per heavy atom. The first-order chi connectivity index (χ1) is 29.5. The summed E-state index contributed by atoms with van der Waals surface area (Å²) in [6.07, 6.45) is -4.46. The van der Waals surface area contributed by atoms with Crippen molar-refractivity contribution in [3.63, 3.8) is 0 Å². The van der Waals surface area contributed by atoms with Crippen molar-refractivity contribution in [3.8, 4) is 5.75 Å². The van der Waals surface area contributed by atoms with Crippen LogP contribution in [-0.2, 0) is 50.1 Å². The molecule has 0 bridgehead atoms. The number of esters is 2. The van der Waals surface area contributed by atoms with E-state index in [0.717, 1.165) is 18.2 Å². The molecule has 2 rings (SSSR count). The van der Waals surface area contributed by atoms with Gasteiger partial charge in [0, 0.05) is 5.56 Å². The number of carbonyl (C=O) groups is 8. The fraction of sp³-hybridized carbons (Fsp3) is 0.488. The molecule has 0 aliphatic rings. The van der Waals surface area contributed by atoms with Crippen molar-refractivity contribution in [2.75, 3.05) is 6.54 Å². The molecule has 6 N–H and O–H groups in total. The molecule has 0 spiro atoms. The number of benzene rings is 2. The van der Waals surface area contributed by atoms with Crippen LogP contribution in [0.25, 0.3) is 0 Å². The average Bonchev–Trinajstić information content (AvgIpc) is 3.09. The van der Waals surface area contributed by atoms with E-state index in [1.165, 1.54) is 65.8 Å². The highest BCUT2D eigenvalue weighted by Gasteiger charge is 2.35. The van der Waals surface area contributed by atoms with E-state index in [1.807, 2.05) is 10.0 Å². The van der Waals surface area contributed by atoms with Crippen molar-refractivity contribution in [3.05, 3.63) is 59.2 Å². The van der Waals surface area contributed by atoms with Crippen LogP contribution in [0.15, 0.2) is 47.5 Å². The molecule has 358 valence electrons. The van der Waals surface area contributed by atoms with Gasteiger partial charge in [-0.3, -0.25) is 25.0 Å². The second kappa shape index (κ2) is 21.7. The van der Waals surface area contributed by atoms with Gasteiger partial charge in [-0.1, -0.05) is 6.07 Å². The highest BCUT2D eigenvalue weighted by molar-refractivity contribution is 7.87. The molecule has 65 heavy (non-hydrogen) atoms. The number of carboxylic acids is 2. The van der Waals surface area contributed by atoms with Gasteiger partial charge in [-0.05, 0) is 125 Å². The molecule has 0 heterocycles. The fourth-order valence-corrected chi connectivity index (χ4v) is 5.75. The molecule has 2 aromatic rings. The Morgan fingerprint density at radius 1 is 0.708 bits per heavy atom. The van der Waals surface area contributed by atoms with Gasteiger partial charge in [0.15, 0.2) is 0 Å². The quantitative estimate of drug-likeness (QED) is 0.0499. The fourth-order valence-electron chi connectivity index (χ4n) is 4.75. The number of carbonyl (C=O) groups excluding carboxylic acids is 6. The monoisotopic (exact) mass is 936 g/mol. The minimum atomic E-state index is -4.98. The number of hydrogen-bond donors (Lipinski definition) is 6. The van der Waals surface area contributed by atoms with E-state index in [2.05, 4.69) is 15.6 Å². The molecule has 1 unspecified atom stereocenters. The summed E-state index contributed by atoms with van der Waals surface area (Å²) in [5.74, 6) is -7.41. The molecule has 0 saturated carbocycles. The number of amides is 4. The van der Waals surface area contributed by atoms with Gasteiger partial charge in [0.2, 0.25) is 5.96 Å². The standard InChI is InChI=1S/C41H56N6O17S/c1-38(2,3)61-30(50)21-42-65(58,59)47(37(57)64-41(10,11)12)22-24-15-18-26(19-27(24)31(51)44-28(32(52)53)20-29(48)49)60-33(54)23-13-16-25(17-14-23)43-34(45-35(55)62-39(4,5)6)46-36(56)63-40(7,8)9/h13-19,28,42H,20-22H2,1-12H3,(H,44,51)(H,48,49)(H,52,53)(H2,43,45,46,55,56). The van der Waals surface area contributed by atoms with Crippen LogP contribution in [0.1, 0.15) is 116 Å². The minimum Gasteiger partial charge on any atom is -0.481 e. The van der Waals surface area contributed by atoms with Crippen LogP contribution < -0.4 is 25.4 Å². The second-order valence-electron chi connectivity index (χ2n) is 17.8. The van der Waals surface area contributed by atoms with Crippen molar-refractivity contribution < 1.29 is 80.7 Å². The summed E-state index contributed by atoms with van der Waals surface area (Å²) in [5.41, 5.74) is -4.96. The summed E-state index contributed by atoms with van der Waals surface area (Å²) in [6, 6.07) is 6.20. The van der Waals surface area contributed by atoms with Gasteiger partial charge in [0.05, 0.1) is 24.2 Å². The highest BCUT2D eigenvalue weighted by atomic mass is 32.2. The van der Waals surface area contributed by atoms with Gasteiger partial charge < -0.3 is 39.2 Å². The smallest absolute Gasteiger partial charge is 0.425 e. The maximum absolute atomic E-state index is 13.7. The van der Waals surface area contributed by atoms with Gasteiger partial charge >= 0.3 is 52.4 Å². The lowest BCUT2D eigenvalue weighted by atomic mass is 10.0. The molecule has 2 aromatic carbocycles. The number of alkyl carbamates (subject to hydrolysis) is 2. The Labute approximate surface area is 375 Å². The summed E-state index contributed by atoms with van der Waals surface area (Å²) < 4.78 is 55.6. The van der Waals surface area contributed by atoms with Crippen LogP contribution in [0.3, 0.4) is 0 Å². The predicted octanol–water partition coefficient (Wildman–Crippen LogP) is 4.51. The summed E-state index contributed by atoms with van der Waals surface area (Å²) in [7, 11) is -4.98. The number of hydrogen-bond acceptors (Lipinski definition) is 16. The van der Waals surface area contributed by atoms with E-state index in [-0.39, 0.29) is 32.8 Å². The number of rotatable bonds is 14. The van der Waals surface area contributed by atoms with Crippen LogP contribution >= 0.6 is 0 Å². The van der Waals surface area contributed by atoms with Gasteiger partial charge in [-0.2, -0.15) is 17.4 Å².